The lowest BCUT2D eigenvalue weighted by molar-refractivity contribution is 0.531. The van der Waals surface area contributed by atoms with Crippen LogP contribution in [0.2, 0.25) is 0 Å². The summed E-state index contributed by atoms with van der Waals surface area (Å²) in [4.78, 5) is 0. The van der Waals surface area contributed by atoms with E-state index >= 15 is 0 Å². The highest BCUT2D eigenvalue weighted by atomic mass is 35.5. The van der Waals surface area contributed by atoms with Crippen molar-refractivity contribution in [2.24, 2.45) is 11.8 Å². The van der Waals surface area contributed by atoms with E-state index in [4.69, 9.17) is 0 Å². The Bertz CT molecular complexity index is 217. The monoisotopic (exact) mass is 442 g/mol. The molecular weight excluding hydrogens is 402 g/mol. The summed E-state index contributed by atoms with van der Waals surface area (Å²) in [5.74, 6) is 1.88. The highest BCUT2D eigenvalue weighted by Crippen LogP contribution is 2.36. The van der Waals surface area contributed by atoms with E-state index in [-0.39, 0.29) is 49.6 Å². The number of hydrogen-bond acceptors (Lipinski definition) is 4. The van der Waals surface area contributed by atoms with E-state index in [0.29, 0.717) is 0 Å². The quantitative estimate of drug-likeness (QED) is 0.276. The van der Waals surface area contributed by atoms with Gasteiger partial charge < -0.3 is 21.3 Å². The van der Waals surface area contributed by atoms with Crippen molar-refractivity contribution in [3.05, 3.63) is 0 Å². The molecule has 0 saturated heterocycles. The largest absolute Gasteiger partial charge is 0.317 e. The fourth-order valence-electron chi connectivity index (χ4n) is 2.74. The standard InChI is InChI=1S/C17H38N4.4ClH/c1-3-18-9-5-7-11-20-14-16-13-17(16)15-21-12-8-6-10-19-4-2;;;;/h16-21H,3-15H2,1-2H3;4*1H. The van der Waals surface area contributed by atoms with Crippen molar-refractivity contribution in [3.63, 3.8) is 0 Å². The van der Waals surface area contributed by atoms with Crippen LogP contribution < -0.4 is 21.3 Å². The second kappa shape index (κ2) is 25.0. The van der Waals surface area contributed by atoms with Gasteiger partial charge in [0, 0.05) is 0 Å². The Balaban J connectivity index is -0.000000551. The third kappa shape index (κ3) is 21.2. The third-order valence-electron chi connectivity index (χ3n) is 4.30. The first kappa shape index (κ1) is 33.6. The van der Waals surface area contributed by atoms with Gasteiger partial charge in [0.15, 0.2) is 0 Å². The fourth-order valence-corrected chi connectivity index (χ4v) is 2.74. The first-order valence-corrected chi connectivity index (χ1v) is 9.21. The van der Waals surface area contributed by atoms with E-state index in [1.165, 1.54) is 71.4 Å². The van der Waals surface area contributed by atoms with E-state index < -0.39 is 0 Å². The average Bonchev–Trinajstić information content (AvgIpc) is 3.24. The molecule has 8 heteroatoms. The van der Waals surface area contributed by atoms with E-state index in [9.17, 15) is 0 Å². The molecule has 158 valence electrons. The molecule has 0 bridgehead atoms. The van der Waals surface area contributed by atoms with Gasteiger partial charge in [0.2, 0.25) is 0 Å². The molecule has 0 aromatic heterocycles. The zero-order valence-electron chi connectivity index (χ0n) is 16.0. The van der Waals surface area contributed by atoms with Gasteiger partial charge in [-0.25, -0.2) is 0 Å². The summed E-state index contributed by atoms with van der Waals surface area (Å²) in [5, 5.41) is 14.0. The topological polar surface area (TPSA) is 48.1 Å². The molecule has 0 amide bonds. The summed E-state index contributed by atoms with van der Waals surface area (Å²) in [5.41, 5.74) is 0. The molecular formula is C17H42Cl4N4. The Hall–Kier alpha value is 1.00. The van der Waals surface area contributed by atoms with Gasteiger partial charge in [-0.1, -0.05) is 13.8 Å². The number of hydrogen-bond donors (Lipinski definition) is 4. The zero-order valence-corrected chi connectivity index (χ0v) is 19.2. The van der Waals surface area contributed by atoms with Gasteiger partial charge in [-0.2, -0.15) is 0 Å². The van der Waals surface area contributed by atoms with Crippen LogP contribution in [0.1, 0.15) is 46.0 Å². The summed E-state index contributed by atoms with van der Waals surface area (Å²) in [7, 11) is 0. The van der Waals surface area contributed by atoms with Crippen molar-refractivity contribution in [3.8, 4) is 0 Å². The maximum atomic E-state index is 3.62. The normalized spacial score (nSPS) is 17.5. The molecule has 0 radical (unpaired) electrons. The van der Waals surface area contributed by atoms with E-state index in [1.807, 2.05) is 0 Å². The predicted octanol–water partition coefficient (Wildman–Crippen LogP) is 3.27. The first-order chi connectivity index (χ1) is 10.4. The van der Waals surface area contributed by atoms with E-state index in [2.05, 4.69) is 35.1 Å². The number of nitrogens with one attached hydrogen (secondary N) is 4. The van der Waals surface area contributed by atoms with Gasteiger partial charge in [-0.3, -0.25) is 0 Å². The van der Waals surface area contributed by atoms with Crippen LogP contribution in [-0.4, -0.2) is 52.4 Å². The average molecular weight is 444 g/mol. The van der Waals surface area contributed by atoms with Gasteiger partial charge in [0.05, 0.1) is 0 Å². The fraction of sp³-hybridized carbons (Fsp3) is 1.00. The molecule has 4 nitrogen and oxygen atoms in total. The highest BCUT2D eigenvalue weighted by molar-refractivity contribution is 5.86. The van der Waals surface area contributed by atoms with Crippen molar-refractivity contribution in [1.82, 2.24) is 21.3 Å². The number of halogens is 4. The highest BCUT2D eigenvalue weighted by Gasteiger charge is 2.35. The van der Waals surface area contributed by atoms with Crippen molar-refractivity contribution < 1.29 is 0 Å². The minimum atomic E-state index is 0. The summed E-state index contributed by atoms with van der Waals surface area (Å²) >= 11 is 0. The number of rotatable bonds is 16. The summed E-state index contributed by atoms with van der Waals surface area (Å²) in [6.07, 6.45) is 6.62. The lowest BCUT2D eigenvalue weighted by Gasteiger charge is -2.06. The predicted molar refractivity (Wildman–Crippen MR) is 122 cm³/mol. The van der Waals surface area contributed by atoms with Crippen LogP contribution in [0, 0.1) is 11.8 Å². The minimum absolute atomic E-state index is 0. The molecule has 0 aromatic rings. The minimum Gasteiger partial charge on any atom is -0.317 e. The van der Waals surface area contributed by atoms with Crippen LogP contribution in [0.15, 0.2) is 0 Å². The Labute approximate surface area is 180 Å². The Morgan fingerprint density at radius 2 is 0.880 bits per heavy atom. The molecule has 1 aliphatic carbocycles. The van der Waals surface area contributed by atoms with Gasteiger partial charge in [-0.05, 0) is 96.3 Å². The maximum absolute atomic E-state index is 3.62. The Kier molecular flexibility index (Phi) is 33.6. The Morgan fingerprint density at radius 3 is 1.20 bits per heavy atom. The molecule has 0 heterocycles. The van der Waals surface area contributed by atoms with Gasteiger partial charge in [0.25, 0.3) is 0 Å². The molecule has 2 atom stereocenters. The Morgan fingerprint density at radius 1 is 0.560 bits per heavy atom. The molecule has 1 aliphatic rings. The third-order valence-corrected chi connectivity index (χ3v) is 4.30. The zero-order chi connectivity index (χ0) is 15.2. The smallest absolute Gasteiger partial charge is 0.00173 e. The maximum Gasteiger partial charge on any atom is -0.00173 e. The van der Waals surface area contributed by atoms with Crippen molar-refractivity contribution >= 4 is 49.6 Å². The van der Waals surface area contributed by atoms with Crippen LogP contribution >= 0.6 is 49.6 Å². The molecule has 0 spiro atoms. The summed E-state index contributed by atoms with van der Waals surface area (Å²) < 4.78 is 0. The first-order valence-electron chi connectivity index (χ1n) is 9.21. The lowest BCUT2D eigenvalue weighted by Crippen LogP contribution is -2.23. The van der Waals surface area contributed by atoms with Gasteiger partial charge in [-0.15, -0.1) is 49.6 Å². The van der Waals surface area contributed by atoms with E-state index in [1.54, 1.807) is 0 Å². The molecule has 1 saturated carbocycles. The molecule has 1 fully saturated rings. The molecule has 4 N–H and O–H groups in total. The second-order valence-corrected chi connectivity index (χ2v) is 6.29. The summed E-state index contributed by atoms with van der Waals surface area (Å²) in [6.45, 7) is 13.7. The van der Waals surface area contributed by atoms with Crippen LogP contribution in [0.5, 0.6) is 0 Å². The molecule has 2 unspecified atom stereocenters. The molecule has 0 aliphatic heterocycles. The van der Waals surface area contributed by atoms with Crippen molar-refractivity contribution in [1.29, 1.82) is 0 Å². The van der Waals surface area contributed by atoms with Gasteiger partial charge >= 0.3 is 0 Å². The van der Waals surface area contributed by atoms with Crippen LogP contribution in [-0.2, 0) is 0 Å². The summed E-state index contributed by atoms with van der Waals surface area (Å²) in [6, 6.07) is 0. The molecule has 25 heavy (non-hydrogen) atoms. The molecule has 0 aromatic carbocycles. The number of unbranched alkanes of at least 4 members (excludes halogenated alkanes) is 2. The van der Waals surface area contributed by atoms with Crippen molar-refractivity contribution in [2.45, 2.75) is 46.0 Å². The van der Waals surface area contributed by atoms with Crippen LogP contribution in [0.4, 0.5) is 0 Å². The lowest BCUT2D eigenvalue weighted by atomic mass is 10.2. The van der Waals surface area contributed by atoms with Crippen LogP contribution in [0.25, 0.3) is 0 Å². The van der Waals surface area contributed by atoms with Crippen molar-refractivity contribution in [2.75, 3.05) is 52.4 Å². The van der Waals surface area contributed by atoms with E-state index in [0.717, 1.165) is 24.9 Å². The van der Waals surface area contributed by atoms with Crippen LogP contribution in [0.3, 0.4) is 0 Å². The SMILES string of the molecule is CCNCCCCNCC1CC1CNCCCCNCC.Cl.Cl.Cl.Cl. The van der Waals surface area contributed by atoms with Gasteiger partial charge in [0.1, 0.15) is 0 Å². The molecule has 1 rings (SSSR count). The second-order valence-electron chi connectivity index (χ2n) is 6.29.